The SMILES string of the molecule is CCCNC(=O)[C@@H](Cc1ccccc1)N(Cc1ccccc1)C(=O)CCCN(c1ccccc1OCC)S(C)(=O)=O. The Hall–Kier alpha value is -3.85. The summed E-state index contributed by atoms with van der Waals surface area (Å²) < 4.78 is 32.5. The molecular formula is C32H41N3O5S. The maximum Gasteiger partial charge on any atom is 0.243 e. The zero-order valence-corrected chi connectivity index (χ0v) is 25.0. The fourth-order valence-electron chi connectivity index (χ4n) is 4.62. The van der Waals surface area contributed by atoms with Gasteiger partial charge in [0.2, 0.25) is 21.8 Å². The Balaban J connectivity index is 1.86. The van der Waals surface area contributed by atoms with Gasteiger partial charge in [-0.25, -0.2) is 8.42 Å². The Bertz CT molecular complexity index is 1350. The molecule has 41 heavy (non-hydrogen) atoms. The number of benzene rings is 3. The second-order valence-corrected chi connectivity index (χ2v) is 11.8. The third-order valence-corrected chi connectivity index (χ3v) is 7.78. The summed E-state index contributed by atoms with van der Waals surface area (Å²) in [6, 6.07) is 25.5. The standard InChI is InChI=1S/C32H41N3O5S/c1-4-22-33-32(37)29(24-26-15-8-6-9-16-26)34(25-27-17-10-7-11-18-27)31(36)21-14-23-35(41(3,38)39)28-19-12-13-20-30(28)40-5-2/h6-13,15-20,29H,4-5,14,21-25H2,1-3H3,(H,33,37)/t29-/m1/s1. The first-order valence-corrected chi connectivity index (χ1v) is 15.9. The van der Waals surface area contributed by atoms with Crippen molar-refractivity contribution in [1.29, 1.82) is 0 Å². The molecule has 0 aliphatic rings. The Morgan fingerprint density at radius 2 is 1.49 bits per heavy atom. The lowest BCUT2D eigenvalue weighted by molar-refractivity contribution is -0.141. The fourth-order valence-corrected chi connectivity index (χ4v) is 5.59. The van der Waals surface area contributed by atoms with Crippen LogP contribution in [0.5, 0.6) is 5.75 Å². The molecule has 1 N–H and O–H groups in total. The molecule has 0 saturated heterocycles. The van der Waals surface area contributed by atoms with Gasteiger partial charge in [0.1, 0.15) is 11.8 Å². The molecule has 3 rings (SSSR count). The molecule has 0 spiro atoms. The number of anilines is 1. The van der Waals surface area contributed by atoms with Crippen molar-refractivity contribution in [1.82, 2.24) is 10.2 Å². The summed E-state index contributed by atoms with van der Waals surface area (Å²) in [4.78, 5) is 28.9. The fraction of sp³-hybridized carbons (Fsp3) is 0.375. The first-order chi connectivity index (χ1) is 19.7. The number of ether oxygens (including phenoxy) is 1. The van der Waals surface area contributed by atoms with Crippen molar-refractivity contribution in [2.45, 2.75) is 52.1 Å². The lowest BCUT2D eigenvalue weighted by atomic mass is 10.0. The minimum absolute atomic E-state index is 0.0714. The molecule has 0 bridgehead atoms. The van der Waals surface area contributed by atoms with Gasteiger partial charge in [0.05, 0.1) is 18.6 Å². The van der Waals surface area contributed by atoms with Crippen molar-refractivity contribution < 1.29 is 22.7 Å². The summed E-state index contributed by atoms with van der Waals surface area (Å²) in [7, 11) is -3.64. The molecule has 220 valence electrons. The van der Waals surface area contributed by atoms with Crippen LogP contribution in [0.4, 0.5) is 5.69 Å². The van der Waals surface area contributed by atoms with Crippen LogP contribution in [0.3, 0.4) is 0 Å². The maximum atomic E-state index is 13.8. The van der Waals surface area contributed by atoms with Crippen LogP contribution in [0.1, 0.15) is 44.2 Å². The number of hydrogen-bond acceptors (Lipinski definition) is 5. The van der Waals surface area contributed by atoms with Crippen molar-refractivity contribution in [2.24, 2.45) is 0 Å². The molecule has 0 fully saturated rings. The van der Waals surface area contributed by atoms with Crippen LogP contribution in [-0.2, 0) is 32.6 Å². The molecule has 3 aromatic carbocycles. The first-order valence-electron chi connectivity index (χ1n) is 14.1. The normalized spacial score (nSPS) is 11.9. The van der Waals surface area contributed by atoms with Crippen LogP contribution in [-0.4, -0.2) is 57.1 Å². The van der Waals surface area contributed by atoms with E-state index >= 15 is 0 Å². The van der Waals surface area contributed by atoms with Crippen LogP contribution in [0.2, 0.25) is 0 Å². The van der Waals surface area contributed by atoms with E-state index in [-0.39, 0.29) is 37.7 Å². The number of nitrogens with one attached hydrogen (secondary N) is 1. The summed E-state index contributed by atoms with van der Waals surface area (Å²) in [6.07, 6.45) is 2.63. The van der Waals surface area contributed by atoms with Crippen LogP contribution in [0, 0.1) is 0 Å². The van der Waals surface area contributed by atoms with E-state index in [9.17, 15) is 18.0 Å². The van der Waals surface area contributed by atoms with Gasteiger partial charge in [0.15, 0.2) is 0 Å². The van der Waals surface area contributed by atoms with E-state index in [0.29, 0.717) is 31.0 Å². The molecule has 8 nitrogen and oxygen atoms in total. The van der Waals surface area contributed by atoms with Crippen LogP contribution in [0.25, 0.3) is 0 Å². The molecular weight excluding hydrogens is 538 g/mol. The average Bonchev–Trinajstić information content (AvgIpc) is 2.97. The smallest absolute Gasteiger partial charge is 0.243 e. The molecule has 1 atom stereocenters. The van der Waals surface area contributed by atoms with Gasteiger partial charge in [-0.2, -0.15) is 0 Å². The van der Waals surface area contributed by atoms with Gasteiger partial charge in [-0.3, -0.25) is 13.9 Å². The lowest BCUT2D eigenvalue weighted by Gasteiger charge is -2.32. The van der Waals surface area contributed by atoms with Crippen molar-refractivity contribution in [3.05, 3.63) is 96.1 Å². The van der Waals surface area contributed by atoms with Crippen molar-refractivity contribution in [2.75, 3.05) is 30.3 Å². The Morgan fingerprint density at radius 3 is 2.10 bits per heavy atom. The molecule has 0 unspecified atom stereocenters. The zero-order valence-electron chi connectivity index (χ0n) is 24.2. The third kappa shape index (κ3) is 9.63. The summed E-state index contributed by atoms with van der Waals surface area (Å²) in [5.74, 6) is 0.0457. The number of rotatable bonds is 16. The molecule has 0 aliphatic heterocycles. The Kier molecular flexibility index (Phi) is 12.2. The summed E-state index contributed by atoms with van der Waals surface area (Å²) >= 11 is 0. The number of hydrogen-bond donors (Lipinski definition) is 1. The molecule has 2 amide bonds. The quantitative estimate of drug-likeness (QED) is 0.263. The molecule has 0 aliphatic carbocycles. The first kappa shape index (κ1) is 31.7. The molecule has 3 aromatic rings. The predicted octanol–water partition coefficient (Wildman–Crippen LogP) is 4.80. The largest absolute Gasteiger partial charge is 0.492 e. The lowest BCUT2D eigenvalue weighted by Crippen LogP contribution is -2.50. The number of sulfonamides is 1. The number of carbonyl (C=O) groups excluding carboxylic acids is 2. The summed E-state index contributed by atoms with van der Waals surface area (Å²) in [5, 5.41) is 2.97. The number of para-hydroxylation sites is 2. The highest BCUT2D eigenvalue weighted by atomic mass is 32.2. The number of nitrogens with zero attached hydrogens (tertiary/aromatic N) is 2. The second kappa shape index (κ2) is 15.8. The molecule has 0 saturated carbocycles. The van der Waals surface area contributed by atoms with Gasteiger partial charge in [0.25, 0.3) is 0 Å². The maximum absolute atomic E-state index is 13.8. The topological polar surface area (TPSA) is 96.0 Å². The van der Waals surface area contributed by atoms with Crippen molar-refractivity contribution in [3.8, 4) is 5.75 Å². The van der Waals surface area contributed by atoms with E-state index in [0.717, 1.165) is 23.8 Å². The van der Waals surface area contributed by atoms with Crippen molar-refractivity contribution in [3.63, 3.8) is 0 Å². The monoisotopic (exact) mass is 579 g/mol. The Morgan fingerprint density at radius 1 is 0.878 bits per heavy atom. The van der Waals surface area contributed by atoms with E-state index in [1.165, 1.54) is 4.31 Å². The van der Waals surface area contributed by atoms with Gasteiger partial charge in [-0.15, -0.1) is 0 Å². The van der Waals surface area contributed by atoms with Gasteiger partial charge >= 0.3 is 0 Å². The zero-order chi connectivity index (χ0) is 29.7. The minimum atomic E-state index is -3.64. The Labute approximate surface area is 244 Å². The van der Waals surface area contributed by atoms with E-state index in [2.05, 4.69) is 5.32 Å². The number of amides is 2. The van der Waals surface area contributed by atoms with Gasteiger partial charge in [0, 0.05) is 32.5 Å². The van der Waals surface area contributed by atoms with E-state index in [4.69, 9.17) is 4.74 Å². The highest BCUT2D eigenvalue weighted by Gasteiger charge is 2.30. The molecule has 0 aromatic heterocycles. The van der Waals surface area contributed by atoms with E-state index in [1.807, 2.05) is 74.5 Å². The van der Waals surface area contributed by atoms with Gasteiger partial charge < -0.3 is 15.0 Å². The third-order valence-electron chi connectivity index (χ3n) is 6.60. The van der Waals surface area contributed by atoms with Crippen LogP contribution in [0.15, 0.2) is 84.9 Å². The molecule has 0 heterocycles. The predicted molar refractivity (Wildman–Crippen MR) is 163 cm³/mol. The van der Waals surface area contributed by atoms with Gasteiger partial charge in [-0.05, 0) is 43.0 Å². The van der Waals surface area contributed by atoms with Crippen LogP contribution >= 0.6 is 0 Å². The summed E-state index contributed by atoms with van der Waals surface area (Å²) in [6.45, 7) is 5.09. The van der Waals surface area contributed by atoms with E-state index in [1.54, 1.807) is 29.2 Å². The van der Waals surface area contributed by atoms with Crippen molar-refractivity contribution >= 4 is 27.5 Å². The van der Waals surface area contributed by atoms with Gasteiger partial charge in [-0.1, -0.05) is 79.7 Å². The van der Waals surface area contributed by atoms with E-state index < -0.39 is 16.1 Å². The van der Waals surface area contributed by atoms with Crippen LogP contribution < -0.4 is 14.4 Å². The number of carbonyl (C=O) groups is 2. The second-order valence-electron chi connectivity index (χ2n) is 9.84. The highest BCUT2D eigenvalue weighted by Crippen LogP contribution is 2.30. The average molecular weight is 580 g/mol. The molecule has 9 heteroatoms. The molecule has 0 radical (unpaired) electrons. The summed E-state index contributed by atoms with van der Waals surface area (Å²) in [5.41, 5.74) is 2.29. The highest BCUT2D eigenvalue weighted by molar-refractivity contribution is 7.92. The minimum Gasteiger partial charge on any atom is -0.492 e.